The molecule has 116 valence electrons. The van der Waals surface area contributed by atoms with Gasteiger partial charge in [-0.25, -0.2) is 0 Å². The topological polar surface area (TPSA) is 26.0 Å². The molecule has 0 spiro atoms. The Hall–Kier alpha value is -0.300. The van der Waals surface area contributed by atoms with Crippen LogP contribution in [-0.2, 0) is 0 Å². The van der Waals surface area contributed by atoms with Crippen LogP contribution in [0, 0.1) is 23.2 Å². The maximum absolute atomic E-state index is 6.05. The van der Waals surface area contributed by atoms with Gasteiger partial charge in [0.05, 0.1) is 0 Å². The van der Waals surface area contributed by atoms with Gasteiger partial charge in [0.2, 0.25) is 0 Å². The summed E-state index contributed by atoms with van der Waals surface area (Å²) < 4.78 is 0. The van der Waals surface area contributed by atoms with E-state index in [0.29, 0.717) is 5.41 Å². The molecule has 2 N–H and O–H groups in total. The van der Waals surface area contributed by atoms with Crippen LogP contribution in [-0.4, -0.2) is 6.54 Å². The number of hydrogen-bond donors (Lipinski definition) is 1. The first-order valence-electron chi connectivity index (χ1n) is 8.91. The molecule has 2 saturated carbocycles. The van der Waals surface area contributed by atoms with E-state index in [0.717, 1.165) is 24.3 Å². The van der Waals surface area contributed by atoms with E-state index in [9.17, 15) is 0 Å². The van der Waals surface area contributed by atoms with E-state index in [1.54, 1.807) is 5.57 Å². The highest BCUT2D eigenvalue weighted by molar-refractivity contribution is 5.11. The lowest BCUT2D eigenvalue weighted by Crippen LogP contribution is -2.26. The Balaban J connectivity index is 1.90. The molecule has 2 aliphatic carbocycles. The molecule has 0 aromatic carbocycles. The monoisotopic (exact) mass is 277 g/mol. The van der Waals surface area contributed by atoms with Gasteiger partial charge < -0.3 is 5.73 Å². The van der Waals surface area contributed by atoms with Crippen molar-refractivity contribution < 1.29 is 0 Å². The molecule has 0 aromatic heterocycles. The van der Waals surface area contributed by atoms with E-state index >= 15 is 0 Å². The number of nitrogens with two attached hydrogens (primary N) is 1. The largest absolute Gasteiger partial charge is 0.327 e. The highest BCUT2D eigenvalue weighted by atomic mass is 14.5. The van der Waals surface area contributed by atoms with Crippen molar-refractivity contribution in [2.75, 3.05) is 6.54 Å². The minimum atomic E-state index is 0.495. The van der Waals surface area contributed by atoms with Crippen molar-refractivity contribution in [3.63, 3.8) is 0 Å². The molecule has 0 bridgehead atoms. The summed E-state index contributed by atoms with van der Waals surface area (Å²) in [4.78, 5) is 0. The predicted octanol–water partition coefficient (Wildman–Crippen LogP) is 5.30. The molecule has 2 rings (SSSR count). The van der Waals surface area contributed by atoms with Crippen LogP contribution < -0.4 is 5.73 Å². The fourth-order valence-electron chi connectivity index (χ4n) is 4.30. The van der Waals surface area contributed by atoms with Crippen molar-refractivity contribution in [1.82, 2.24) is 0 Å². The van der Waals surface area contributed by atoms with Gasteiger partial charge in [-0.15, -0.1) is 0 Å². The lowest BCUT2D eigenvalue weighted by Gasteiger charge is -2.36. The number of hydrogen-bond acceptors (Lipinski definition) is 1. The van der Waals surface area contributed by atoms with Gasteiger partial charge in [0.25, 0.3) is 0 Å². The highest BCUT2D eigenvalue weighted by Crippen LogP contribution is 2.41. The highest BCUT2D eigenvalue weighted by Gasteiger charge is 2.29. The Kier molecular flexibility index (Phi) is 5.72. The summed E-state index contributed by atoms with van der Waals surface area (Å²) in [5, 5.41) is 0. The van der Waals surface area contributed by atoms with Crippen molar-refractivity contribution in [2.24, 2.45) is 28.9 Å². The van der Waals surface area contributed by atoms with E-state index in [1.165, 1.54) is 57.8 Å². The van der Waals surface area contributed by atoms with Gasteiger partial charge in [0, 0.05) is 6.54 Å². The first-order valence-corrected chi connectivity index (χ1v) is 8.91. The molecule has 0 aromatic rings. The Morgan fingerprint density at radius 2 is 1.55 bits per heavy atom. The molecule has 0 aliphatic heterocycles. The lowest BCUT2D eigenvalue weighted by atomic mass is 9.69. The molecule has 0 amide bonds. The zero-order valence-corrected chi connectivity index (χ0v) is 14.0. The zero-order valence-electron chi connectivity index (χ0n) is 14.0. The summed E-state index contributed by atoms with van der Waals surface area (Å²) in [5.41, 5.74) is 8.13. The quantitative estimate of drug-likeness (QED) is 0.696. The van der Waals surface area contributed by atoms with E-state index in [-0.39, 0.29) is 0 Å². The normalized spacial score (nSPS) is 30.5. The van der Waals surface area contributed by atoms with E-state index in [2.05, 4.69) is 26.8 Å². The maximum atomic E-state index is 6.05. The molecule has 20 heavy (non-hydrogen) atoms. The minimum Gasteiger partial charge on any atom is -0.327 e. The molecule has 0 radical (unpaired) electrons. The second-order valence-corrected chi connectivity index (χ2v) is 8.26. The van der Waals surface area contributed by atoms with Crippen molar-refractivity contribution in [3.05, 3.63) is 11.6 Å². The molecule has 2 aliphatic rings. The third kappa shape index (κ3) is 4.35. The molecule has 0 unspecified atom stereocenters. The third-order valence-electron chi connectivity index (χ3n) is 5.81. The van der Waals surface area contributed by atoms with Crippen molar-refractivity contribution in [3.8, 4) is 0 Å². The van der Waals surface area contributed by atoms with Gasteiger partial charge in [-0.3, -0.25) is 0 Å². The molecular weight excluding hydrogens is 242 g/mol. The average Bonchev–Trinajstić information content (AvgIpc) is 2.45. The Bertz CT molecular complexity index is 309. The van der Waals surface area contributed by atoms with Crippen molar-refractivity contribution >= 4 is 0 Å². The molecular formula is C19H35N. The molecule has 0 atom stereocenters. The van der Waals surface area contributed by atoms with Gasteiger partial charge >= 0.3 is 0 Å². The van der Waals surface area contributed by atoms with Crippen molar-refractivity contribution in [2.45, 2.75) is 78.6 Å². The fourth-order valence-corrected chi connectivity index (χ4v) is 4.30. The molecule has 0 saturated heterocycles. The summed E-state index contributed by atoms with van der Waals surface area (Å²) in [7, 11) is 0. The molecule has 0 heterocycles. The third-order valence-corrected chi connectivity index (χ3v) is 5.81. The van der Waals surface area contributed by atoms with Crippen molar-refractivity contribution in [1.29, 1.82) is 0 Å². The molecule has 1 heteroatoms. The summed E-state index contributed by atoms with van der Waals surface area (Å²) in [6.07, 6.45) is 15.2. The van der Waals surface area contributed by atoms with Crippen LogP contribution >= 0.6 is 0 Å². The fraction of sp³-hybridized carbons (Fsp3) is 0.895. The Morgan fingerprint density at radius 3 is 2.05 bits per heavy atom. The zero-order chi connectivity index (χ0) is 14.6. The average molecular weight is 277 g/mol. The summed E-state index contributed by atoms with van der Waals surface area (Å²) in [6, 6.07) is 0. The number of allylic oxidation sites excluding steroid dienone is 1. The van der Waals surface area contributed by atoms with Gasteiger partial charge in [-0.05, 0) is 61.7 Å². The second-order valence-electron chi connectivity index (χ2n) is 8.26. The Labute approximate surface area is 126 Å². The van der Waals surface area contributed by atoms with Crippen LogP contribution in [0.15, 0.2) is 11.6 Å². The smallest absolute Gasteiger partial charge is 0.0139 e. The van der Waals surface area contributed by atoms with Crippen LogP contribution in [0.3, 0.4) is 0 Å². The predicted molar refractivity (Wildman–Crippen MR) is 88.6 cm³/mol. The van der Waals surface area contributed by atoms with E-state index < -0.39 is 0 Å². The molecule has 1 nitrogen and oxygen atoms in total. The second kappa shape index (κ2) is 7.11. The SMILES string of the molecule is CC(C)(C)C1CCC(/C=C(/CN)C2CCCCC2)CC1. The summed E-state index contributed by atoms with van der Waals surface area (Å²) in [6.45, 7) is 8.01. The van der Waals surface area contributed by atoms with Crippen LogP contribution in [0.1, 0.15) is 78.6 Å². The Morgan fingerprint density at radius 1 is 0.950 bits per heavy atom. The van der Waals surface area contributed by atoms with Gasteiger partial charge in [-0.1, -0.05) is 51.7 Å². The molecule has 2 fully saturated rings. The van der Waals surface area contributed by atoms with E-state index in [1.807, 2.05) is 0 Å². The number of rotatable bonds is 3. The first-order chi connectivity index (χ1) is 9.50. The van der Waals surface area contributed by atoms with Crippen LogP contribution in [0.4, 0.5) is 0 Å². The maximum Gasteiger partial charge on any atom is 0.0139 e. The van der Waals surface area contributed by atoms with Crippen LogP contribution in [0.2, 0.25) is 0 Å². The minimum absolute atomic E-state index is 0.495. The van der Waals surface area contributed by atoms with Crippen LogP contribution in [0.5, 0.6) is 0 Å². The lowest BCUT2D eigenvalue weighted by molar-refractivity contribution is 0.162. The standard InChI is InChI=1S/C19H35N/c1-19(2,3)18-11-9-15(10-12-18)13-17(14-20)16-7-5-4-6-8-16/h13,15-16,18H,4-12,14,20H2,1-3H3/b17-13-. The van der Waals surface area contributed by atoms with Crippen LogP contribution in [0.25, 0.3) is 0 Å². The summed E-state index contributed by atoms with van der Waals surface area (Å²) in [5.74, 6) is 2.55. The first kappa shape index (κ1) is 16.1. The summed E-state index contributed by atoms with van der Waals surface area (Å²) >= 11 is 0. The van der Waals surface area contributed by atoms with Gasteiger partial charge in [0.15, 0.2) is 0 Å². The van der Waals surface area contributed by atoms with Gasteiger partial charge in [0.1, 0.15) is 0 Å². The van der Waals surface area contributed by atoms with E-state index in [4.69, 9.17) is 5.73 Å². The van der Waals surface area contributed by atoms with Gasteiger partial charge in [-0.2, -0.15) is 0 Å².